The van der Waals surface area contributed by atoms with Gasteiger partial charge in [0, 0.05) is 17.1 Å². The molecule has 0 saturated carbocycles. The van der Waals surface area contributed by atoms with E-state index in [2.05, 4.69) is 10.6 Å². The predicted molar refractivity (Wildman–Crippen MR) is 74.7 cm³/mol. The van der Waals surface area contributed by atoms with Gasteiger partial charge in [-0.05, 0) is 42.8 Å². The molecule has 0 atom stereocenters. The average molecular weight is 241 g/mol. The average Bonchev–Trinajstić information content (AvgIpc) is 2.28. The lowest BCUT2D eigenvalue weighted by Gasteiger charge is -2.08. The van der Waals surface area contributed by atoms with Gasteiger partial charge in [-0.1, -0.05) is 18.2 Å². The highest BCUT2D eigenvalue weighted by Gasteiger charge is 2.02. The molecule has 0 heterocycles. The first-order chi connectivity index (χ1) is 8.63. The number of hydrogen-bond acceptors (Lipinski definition) is 2. The summed E-state index contributed by atoms with van der Waals surface area (Å²) >= 11 is 0. The molecule has 0 saturated heterocycles. The molecule has 0 aliphatic rings. The van der Waals surface area contributed by atoms with Crippen LogP contribution in [0, 0.1) is 6.92 Å². The van der Waals surface area contributed by atoms with Gasteiger partial charge >= 0.3 is 6.03 Å². The molecule has 4 nitrogen and oxygen atoms in total. The van der Waals surface area contributed by atoms with E-state index in [0.717, 1.165) is 11.3 Å². The summed E-state index contributed by atoms with van der Waals surface area (Å²) in [5.74, 6) is 0. The number of hydrogen-bond donors (Lipinski definition) is 3. The van der Waals surface area contributed by atoms with Crippen molar-refractivity contribution in [2.45, 2.75) is 6.92 Å². The largest absolute Gasteiger partial charge is 0.399 e. The van der Waals surface area contributed by atoms with Crippen LogP contribution in [0.25, 0.3) is 0 Å². The van der Waals surface area contributed by atoms with Crippen molar-refractivity contribution in [3.05, 3.63) is 54.1 Å². The summed E-state index contributed by atoms with van der Waals surface area (Å²) < 4.78 is 0. The van der Waals surface area contributed by atoms with E-state index in [9.17, 15) is 4.79 Å². The van der Waals surface area contributed by atoms with E-state index in [0.29, 0.717) is 11.4 Å². The molecule has 0 aliphatic heterocycles. The van der Waals surface area contributed by atoms with E-state index < -0.39 is 0 Å². The van der Waals surface area contributed by atoms with Gasteiger partial charge in [0.2, 0.25) is 0 Å². The summed E-state index contributed by atoms with van der Waals surface area (Å²) in [4.78, 5) is 11.7. The Balaban J connectivity index is 2.01. The molecule has 92 valence electrons. The molecule has 4 N–H and O–H groups in total. The van der Waals surface area contributed by atoms with Crippen LogP contribution < -0.4 is 16.4 Å². The summed E-state index contributed by atoms with van der Waals surface area (Å²) in [6, 6.07) is 14.4. The maximum absolute atomic E-state index is 11.7. The quantitative estimate of drug-likeness (QED) is 0.707. The van der Waals surface area contributed by atoms with E-state index in [-0.39, 0.29) is 6.03 Å². The van der Waals surface area contributed by atoms with Gasteiger partial charge in [0.1, 0.15) is 0 Å². The molecule has 2 amide bonds. The van der Waals surface area contributed by atoms with Crippen LogP contribution >= 0.6 is 0 Å². The maximum Gasteiger partial charge on any atom is 0.323 e. The topological polar surface area (TPSA) is 67.2 Å². The molecule has 0 fully saturated rings. The summed E-state index contributed by atoms with van der Waals surface area (Å²) in [7, 11) is 0. The molecule has 4 heteroatoms. The third-order valence-corrected chi connectivity index (χ3v) is 2.42. The lowest BCUT2D eigenvalue weighted by Crippen LogP contribution is -2.19. The van der Waals surface area contributed by atoms with Gasteiger partial charge in [-0.3, -0.25) is 0 Å². The molecule has 0 bridgehead atoms. The normalized spacial score (nSPS) is 9.83. The molecule has 0 radical (unpaired) electrons. The van der Waals surface area contributed by atoms with Crippen LogP contribution in [-0.4, -0.2) is 6.03 Å². The van der Waals surface area contributed by atoms with Crippen molar-refractivity contribution in [1.82, 2.24) is 0 Å². The van der Waals surface area contributed by atoms with Crippen LogP contribution in [0.5, 0.6) is 0 Å². The Bertz CT molecular complexity index is 517. The molecule has 0 unspecified atom stereocenters. The predicted octanol–water partition coefficient (Wildman–Crippen LogP) is 3.22. The molecule has 0 aliphatic carbocycles. The van der Waals surface area contributed by atoms with E-state index in [4.69, 9.17) is 5.73 Å². The first-order valence-corrected chi connectivity index (χ1v) is 5.64. The zero-order chi connectivity index (χ0) is 13.0. The number of urea groups is 1. The second-order valence-corrected chi connectivity index (χ2v) is 4.07. The Morgan fingerprint density at radius 1 is 1.00 bits per heavy atom. The Morgan fingerprint density at radius 3 is 2.22 bits per heavy atom. The summed E-state index contributed by atoms with van der Waals surface area (Å²) in [5.41, 5.74) is 8.77. The summed E-state index contributed by atoms with van der Waals surface area (Å²) in [6.45, 7) is 1.97. The van der Waals surface area contributed by atoms with Gasteiger partial charge in [-0.15, -0.1) is 0 Å². The zero-order valence-corrected chi connectivity index (χ0v) is 10.1. The minimum absolute atomic E-state index is 0.286. The molecule has 0 spiro atoms. The third-order valence-electron chi connectivity index (χ3n) is 2.42. The standard InChI is InChI=1S/C14H15N3O/c1-10-4-2-6-12(8-10)16-14(18)17-13-7-3-5-11(15)9-13/h2-9H,15H2,1H3,(H2,16,17,18). The monoisotopic (exact) mass is 241 g/mol. The smallest absolute Gasteiger partial charge is 0.323 e. The highest BCUT2D eigenvalue weighted by atomic mass is 16.2. The van der Waals surface area contributed by atoms with Crippen LogP contribution in [0.4, 0.5) is 21.9 Å². The van der Waals surface area contributed by atoms with Crippen LogP contribution in [0.2, 0.25) is 0 Å². The van der Waals surface area contributed by atoms with Gasteiger partial charge in [0.05, 0.1) is 0 Å². The van der Waals surface area contributed by atoms with Crippen LogP contribution in [0.3, 0.4) is 0 Å². The van der Waals surface area contributed by atoms with Crippen molar-refractivity contribution >= 4 is 23.1 Å². The van der Waals surface area contributed by atoms with E-state index in [1.54, 1.807) is 24.3 Å². The van der Waals surface area contributed by atoms with E-state index in [1.807, 2.05) is 31.2 Å². The lowest BCUT2D eigenvalue weighted by atomic mass is 10.2. The number of benzene rings is 2. The number of nitrogens with two attached hydrogens (primary N) is 1. The first-order valence-electron chi connectivity index (χ1n) is 5.64. The summed E-state index contributed by atoms with van der Waals surface area (Å²) in [5, 5.41) is 5.48. The molecule has 18 heavy (non-hydrogen) atoms. The Kier molecular flexibility index (Phi) is 3.48. The molecule has 2 aromatic rings. The fourth-order valence-corrected chi connectivity index (χ4v) is 1.63. The van der Waals surface area contributed by atoms with Crippen molar-refractivity contribution < 1.29 is 4.79 Å². The molecular formula is C14H15N3O. The van der Waals surface area contributed by atoms with E-state index in [1.165, 1.54) is 0 Å². The number of carbonyl (C=O) groups is 1. The van der Waals surface area contributed by atoms with Gasteiger partial charge in [-0.25, -0.2) is 4.79 Å². The highest BCUT2D eigenvalue weighted by molar-refractivity contribution is 5.99. The Hall–Kier alpha value is -2.49. The lowest BCUT2D eigenvalue weighted by molar-refractivity contribution is 0.262. The Morgan fingerprint density at radius 2 is 1.61 bits per heavy atom. The third kappa shape index (κ3) is 3.25. The number of nitrogens with one attached hydrogen (secondary N) is 2. The SMILES string of the molecule is Cc1cccc(NC(=O)Nc2cccc(N)c2)c1. The van der Waals surface area contributed by atoms with Crippen LogP contribution in [0.1, 0.15) is 5.56 Å². The minimum atomic E-state index is -0.286. The number of aryl methyl sites for hydroxylation is 1. The highest BCUT2D eigenvalue weighted by Crippen LogP contribution is 2.13. The van der Waals surface area contributed by atoms with Crippen LogP contribution in [-0.2, 0) is 0 Å². The first kappa shape index (κ1) is 12.0. The Labute approximate surface area is 106 Å². The maximum atomic E-state index is 11.7. The van der Waals surface area contributed by atoms with E-state index >= 15 is 0 Å². The van der Waals surface area contributed by atoms with Crippen LogP contribution in [0.15, 0.2) is 48.5 Å². The van der Waals surface area contributed by atoms with Gasteiger partial charge < -0.3 is 16.4 Å². The number of nitrogen functional groups attached to an aromatic ring is 1. The fourth-order valence-electron chi connectivity index (χ4n) is 1.63. The fraction of sp³-hybridized carbons (Fsp3) is 0.0714. The van der Waals surface area contributed by atoms with Crippen molar-refractivity contribution in [2.75, 3.05) is 16.4 Å². The van der Waals surface area contributed by atoms with Crippen molar-refractivity contribution in [2.24, 2.45) is 0 Å². The summed E-state index contributed by atoms with van der Waals surface area (Å²) in [6.07, 6.45) is 0. The second-order valence-electron chi connectivity index (χ2n) is 4.07. The second kappa shape index (κ2) is 5.23. The van der Waals surface area contributed by atoms with Gasteiger partial charge in [0.15, 0.2) is 0 Å². The van der Waals surface area contributed by atoms with Crippen molar-refractivity contribution in [3.63, 3.8) is 0 Å². The number of rotatable bonds is 2. The number of carbonyl (C=O) groups excluding carboxylic acids is 1. The zero-order valence-electron chi connectivity index (χ0n) is 10.1. The van der Waals surface area contributed by atoms with Gasteiger partial charge in [0.25, 0.3) is 0 Å². The molecule has 2 aromatic carbocycles. The van der Waals surface area contributed by atoms with Crippen molar-refractivity contribution in [1.29, 1.82) is 0 Å². The van der Waals surface area contributed by atoms with Crippen molar-refractivity contribution in [3.8, 4) is 0 Å². The number of anilines is 3. The molecule has 0 aromatic heterocycles. The van der Waals surface area contributed by atoms with Gasteiger partial charge in [-0.2, -0.15) is 0 Å². The molecular weight excluding hydrogens is 226 g/mol. The molecule has 2 rings (SSSR count). The number of amides is 2. The minimum Gasteiger partial charge on any atom is -0.399 e.